The number of rotatable bonds is 11. The molecule has 0 aromatic carbocycles. The van der Waals surface area contributed by atoms with Crippen molar-refractivity contribution >= 4 is 17.6 Å². The van der Waals surface area contributed by atoms with Crippen LogP contribution in [0.1, 0.15) is 13.3 Å². The van der Waals surface area contributed by atoms with Crippen molar-refractivity contribution in [2.24, 2.45) is 5.92 Å². The molecule has 0 aliphatic carbocycles. The van der Waals surface area contributed by atoms with E-state index in [1.54, 1.807) is 42.7 Å². The minimum atomic E-state index is -2.51. The van der Waals surface area contributed by atoms with Gasteiger partial charge in [0.1, 0.15) is 0 Å². The quantitative estimate of drug-likeness (QED) is 0.542. The predicted molar refractivity (Wildman–Crippen MR) is 77.0 cm³/mol. The largest absolute Gasteiger partial charge is 0.500 e. The van der Waals surface area contributed by atoms with Crippen LogP contribution in [-0.2, 0) is 26.6 Å². The van der Waals surface area contributed by atoms with Gasteiger partial charge in [0.05, 0.1) is 0 Å². The number of hydrogen-bond donors (Lipinski definition) is 0. The van der Waals surface area contributed by atoms with E-state index in [2.05, 4.69) is 6.92 Å². The van der Waals surface area contributed by atoms with E-state index >= 15 is 0 Å². The molecule has 8 heteroatoms. The minimum Gasteiger partial charge on any atom is -0.377 e. The first-order valence-corrected chi connectivity index (χ1v) is 10.1. The molecule has 0 aromatic rings. The molecule has 1 atom stereocenters. The Kier molecular flexibility index (Phi) is 9.28. The Morgan fingerprint density at radius 2 is 1.05 bits per heavy atom. The van der Waals surface area contributed by atoms with Crippen molar-refractivity contribution < 1.29 is 26.6 Å². The fraction of sp³-hybridized carbons (Fsp3) is 1.00. The predicted octanol–water partition coefficient (Wildman–Crippen LogP) is 1.77. The zero-order chi connectivity index (χ0) is 14.9. The highest BCUT2D eigenvalue weighted by Crippen LogP contribution is 2.26. The van der Waals surface area contributed by atoms with Crippen molar-refractivity contribution in [1.29, 1.82) is 0 Å². The zero-order valence-electron chi connectivity index (χ0n) is 13.1. The summed E-state index contributed by atoms with van der Waals surface area (Å²) < 4.78 is 32.5. The highest BCUT2D eigenvalue weighted by Gasteiger charge is 2.42. The van der Waals surface area contributed by atoms with Gasteiger partial charge in [-0.05, 0) is 12.3 Å². The molecule has 0 radical (unpaired) electrons. The van der Waals surface area contributed by atoms with Gasteiger partial charge in [0.2, 0.25) is 0 Å². The molecule has 1 unspecified atom stereocenters. The molecule has 0 rings (SSSR count). The fourth-order valence-corrected chi connectivity index (χ4v) is 6.02. The molecule has 0 aliphatic rings. The van der Waals surface area contributed by atoms with Gasteiger partial charge >= 0.3 is 17.6 Å². The standard InChI is InChI=1S/C11H28O6Si2/c1-11(10-19(15-5,16-6)17-7)8-9-18(12-2,13-3)14-4/h11H,8-10H2,1-7H3. The summed E-state index contributed by atoms with van der Waals surface area (Å²) in [5.74, 6) is 0.374. The van der Waals surface area contributed by atoms with Crippen molar-refractivity contribution in [3.8, 4) is 0 Å². The first-order valence-electron chi connectivity index (χ1n) is 6.28. The fourth-order valence-electron chi connectivity index (χ4n) is 2.01. The normalized spacial score (nSPS) is 14.7. The van der Waals surface area contributed by atoms with Gasteiger partial charge in [-0.1, -0.05) is 6.92 Å². The summed E-state index contributed by atoms with van der Waals surface area (Å²) in [6, 6.07) is 1.53. The summed E-state index contributed by atoms with van der Waals surface area (Å²) in [6.07, 6.45) is 0.909. The van der Waals surface area contributed by atoms with Gasteiger partial charge < -0.3 is 26.6 Å². The van der Waals surface area contributed by atoms with Crippen LogP contribution in [0.3, 0.4) is 0 Å². The molecule has 0 saturated heterocycles. The lowest BCUT2D eigenvalue weighted by Crippen LogP contribution is -2.45. The zero-order valence-corrected chi connectivity index (χ0v) is 15.1. The lowest BCUT2D eigenvalue weighted by molar-refractivity contribution is 0.113. The SMILES string of the molecule is CO[Si](CCC(C)C[Si](OC)(OC)OC)(OC)OC. The summed E-state index contributed by atoms with van der Waals surface area (Å²) in [5.41, 5.74) is 0. The molecular formula is C11H28O6Si2. The lowest BCUT2D eigenvalue weighted by atomic mass is 10.2. The Bertz CT molecular complexity index is 217. The van der Waals surface area contributed by atoms with Crippen LogP contribution in [0.25, 0.3) is 0 Å². The highest BCUT2D eigenvalue weighted by atomic mass is 28.4. The average Bonchev–Trinajstić information content (AvgIpc) is 2.47. The second-order valence-electron chi connectivity index (χ2n) is 4.44. The Hall–Kier alpha value is 0.194. The summed E-state index contributed by atoms with van der Waals surface area (Å²) in [4.78, 5) is 0. The average molecular weight is 313 g/mol. The third kappa shape index (κ3) is 5.60. The topological polar surface area (TPSA) is 55.4 Å². The monoisotopic (exact) mass is 312 g/mol. The molecule has 0 amide bonds. The third-order valence-electron chi connectivity index (χ3n) is 3.41. The van der Waals surface area contributed by atoms with Crippen LogP contribution in [0.4, 0.5) is 0 Å². The summed E-state index contributed by atoms with van der Waals surface area (Å²) in [5, 5.41) is 0. The van der Waals surface area contributed by atoms with Crippen LogP contribution in [0.2, 0.25) is 12.1 Å². The van der Waals surface area contributed by atoms with E-state index in [-0.39, 0.29) is 0 Å². The maximum atomic E-state index is 5.43. The molecule has 19 heavy (non-hydrogen) atoms. The molecule has 6 nitrogen and oxygen atoms in total. The van der Waals surface area contributed by atoms with Crippen LogP contribution in [0.15, 0.2) is 0 Å². The van der Waals surface area contributed by atoms with E-state index in [1.807, 2.05) is 0 Å². The van der Waals surface area contributed by atoms with Crippen molar-refractivity contribution in [3.63, 3.8) is 0 Å². The van der Waals surface area contributed by atoms with Crippen molar-refractivity contribution in [3.05, 3.63) is 0 Å². The van der Waals surface area contributed by atoms with E-state index in [4.69, 9.17) is 26.6 Å². The van der Waals surface area contributed by atoms with E-state index in [9.17, 15) is 0 Å². The first kappa shape index (κ1) is 19.2. The Labute approximate surface area is 119 Å². The molecule has 116 valence electrons. The second-order valence-corrected chi connectivity index (χ2v) is 10.5. The van der Waals surface area contributed by atoms with Gasteiger partial charge in [-0.25, -0.2) is 0 Å². The maximum absolute atomic E-state index is 5.43. The molecule has 0 saturated carbocycles. The van der Waals surface area contributed by atoms with Crippen LogP contribution in [0, 0.1) is 5.92 Å². The second kappa shape index (κ2) is 9.19. The van der Waals surface area contributed by atoms with Gasteiger partial charge in [0.15, 0.2) is 0 Å². The van der Waals surface area contributed by atoms with Crippen LogP contribution < -0.4 is 0 Å². The van der Waals surface area contributed by atoms with E-state index in [0.29, 0.717) is 5.92 Å². The molecule has 0 aliphatic heterocycles. The maximum Gasteiger partial charge on any atom is 0.500 e. The third-order valence-corrected chi connectivity index (χ3v) is 9.24. The van der Waals surface area contributed by atoms with Gasteiger partial charge in [0.25, 0.3) is 0 Å². The van der Waals surface area contributed by atoms with Crippen molar-refractivity contribution in [2.45, 2.75) is 25.4 Å². The van der Waals surface area contributed by atoms with Gasteiger partial charge in [-0.15, -0.1) is 0 Å². The molecule has 0 N–H and O–H groups in total. The van der Waals surface area contributed by atoms with Gasteiger partial charge in [0, 0.05) is 54.7 Å². The number of hydrogen-bond acceptors (Lipinski definition) is 6. The van der Waals surface area contributed by atoms with Crippen molar-refractivity contribution in [1.82, 2.24) is 0 Å². The summed E-state index contributed by atoms with van der Waals surface area (Å²) >= 11 is 0. The Balaban J connectivity index is 4.42. The Morgan fingerprint density at radius 1 is 0.684 bits per heavy atom. The summed E-state index contributed by atoms with van der Waals surface area (Å²) in [6.45, 7) is 2.14. The molecule has 0 heterocycles. The molecule has 0 fully saturated rings. The van der Waals surface area contributed by atoms with E-state index in [1.165, 1.54) is 0 Å². The lowest BCUT2D eigenvalue weighted by Gasteiger charge is -2.29. The van der Waals surface area contributed by atoms with Gasteiger partial charge in [-0.2, -0.15) is 0 Å². The van der Waals surface area contributed by atoms with Crippen molar-refractivity contribution in [2.75, 3.05) is 42.7 Å². The Morgan fingerprint density at radius 3 is 1.37 bits per heavy atom. The van der Waals surface area contributed by atoms with E-state index in [0.717, 1.165) is 18.5 Å². The molecular weight excluding hydrogens is 284 g/mol. The summed E-state index contributed by atoms with van der Waals surface area (Å²) in [7, 11) is 4.76. The van der Waals surface area contributed by atoms with E-state index < -0.39 is 17.6 Å². The highest BCUT2D eigenvalue weighted by molar-refractivity contribution is 6.61. The first-order chi connectivity index (χ1) is 8.96. The minimum absolute atomic E-state index is 0.374. The molecule has 0 bridgehead atoms. The smallest absolute Gasteiger partial charge is 0.377 e. The van der Waals surface area contributed by atoms with Crippen LogP contribution in [0.5, 0.6) is 0 Å². The van der Waals surface area contributed by atoms with Crippen LogP contribution in [-0.4, -0.2) is 60.3 Å². The van der Waals surface area contributed by atoms with Gasteiger partial charge in [-0.3, -0.25) is 0 Å². The van der Waals surface area contributed by atoms with Crippen LogP contribution >= 0.6 is 0 Å². The molecule has 0 aromatic heterocycles. The molecule has 0 spiro atoms.